The third-order valence-electron chi connectivity index (χ3n) is 2.70. The molecular formula is C13H13BrIN3O. The van der Waals surface area contributed by atoms with Gasteiger partial charge >= 0.3 is 0 Å². The molecule has 0 saturated heterocycles. The molecule has 2 aromatic rings. The smallest absolute Gasteiger partial charge is 0.273 e. The summed E-state index contributed by atoms with van der Waals surface area (Å²) >= 11 is 5.59. The highest BCUT2D eigenvalue weighted by molar-refractivity contribution is 14.1. The zero-order valence-corrected chi connectivity index (χ0v) is 14.3. The van der Waals surface area contributed by atoms with Gasteiger partial charge in [0.2, 0.25) is 0 Å². The van der Waals surface area contributed by atoms with E-state index >= 15 is 0 Å². The zero-order chi connectivity index (χ0) is 14.0. The Hall–Kier alpha value is -0.890. The number of benzene rings is 1. The molecule has 1 N–H and O–H groups in total. The molecule has 0 unspecified atom stereocenters. The van der Waals surface area contributed by atoms with Crippen LogP contribution in [-0.2, 0) is 13.5 Å². The third-order valence-corrected chi connectivity index (χ3v) is 4.14. The Kier molecular flexibility index (Phi) is 4.62. The van der Waals surface area contributed by atoms with Gasteiger partial charge in [-0.15, -0.1) is 0 Å². The van der Waals surface area contributed by atoms with Crippen LogP contribution in [0.4, 0.5) is 5.69 Å². The number of carbonyl (C=O) groups excluding carboxylic acids is 1. The number of anilines is 1. The highest BCUT2D eigenvalue weighted by atomic mass is 127. The maximum absolute atomic E-state index is 12.2. The molecule has 0 spiro atoms. The minimum Gasteiger partial charge on any atom is -0.320 e. The predicted molar refractivity (Wildman–Crippen MR) is 87.4 cm³/mol. The van der Waals surface area contributed by atoms with E-state index in [9.17, 15) is 4.79 Å². The monoisotopic (exact) mass is 433 g/mol. The lowest BCUT2D eigenvalue weighted by Gasteiger charge is -2.07. The van der Waals surface area contributed by atoms with E-state index in [0.29, 0.717) is 5.69 Å². The summed E-state index contributed by atoms with van der Waals surface area (Å²) in [5.41, 5.74) is 2.27. The van der Waals surface area contributed by atoms with E-state index < -0.39 is 0 Å². The van der Waals surface area contributed by atoms with Gasteiger partial charge in [0.25, 0.3) is 5.91 Å². The summed E-state index contributed by atoms with van der Waals surface area (Å²) in [6.45, 7) is 2.02. The molecule has 1 amide bonds. The number of hydrogen-bond acceptors (Lipinski definition) is 2. The molecule has 0 fully saturated rings. The number of nitrogens with zero attached hydrogens (tertiary/aromatic N) is 2. The van der Waals surface area contributed by atoms with Crippen LogP contribution in [0, 0.1) is 3.57 Å². The second-order valence-corrected chi connectivity index (χ2v) is 6.15. The molecule has 4 nitrogen and oxygen atoms in total. The molecule has 0 aliphatic heterocycles. The lowest BCUT2D eigenvalue weighted by Crippen LogP contribution is -2.16. The van der Waals surface area contributed by atoms with E-state index in [0.717, 1.165) is 25.8 Å². The first-order chi connectivity index (χ1) is 9.01. The second kappa shape index (κ2) is 6.04. The molecule has 0 atom stereocenters. The molecular weight excluding hydrogens is 421 g/mol. The van der Waals surface area contributed by atoms with Crippen LogP contribution in [0.5, 0.6) is 0 Å². The number of nitrogens with one attached hydrogen (secondary N) is 1. The lowest BCUT2D eigenvalue weighted by molar-refractivity contribution is 0.101. The SMILES string of the molecule is CCc1cc(C(=O)Nc2cc(Br)ccc2I)n(C)n1. The fourth-order valence-corrected chi connectivity index (χ4v) is 2.52. The van der Waals surface area contributed by atoms with Gasteiger partial charge in [-0.05, 0) is 53.3 Å². The summed E-state index contributed by atoms with van der Waals surface area (Å²) < 4.78 is 3.54. The maximum atomic E-state index is 12.2. The van der Waals surface area contributed by atoms with Gasteiger partial charge < -0.3 is 5.32 Å². The summed E-state index contributed by atoms with van der Waals surface area (Å²) in [5, 5.41) is 7.18. The largest absolute Gasteiger partial charge is 0.320 e. The number of aryl methyl sites for hydroxylation is 2. The maximum Gasteiger partial charge on any atom is 0.273 e. The standard InChI is InChI=1S/C13H13BrIN3O/c1-3-9-7-12(18(2)17-9)13(19)16-11-6-8(14)4-5-10(11)15/h4-7H,3H2,1-2H3,(H,16,19). The predicted octanol–water partition coefficient (Wildman–Crippen LogP) is 3.60. The Morgan fingerprint density at radius 2 is 2.21 bits per heavy atom. The molecule has 2 rings (SSSR count). The van der Waals surface area contributed by atoms with Gasteiger partial charge in [-0.3, -0.25) is 9.48 Å². The van der Waals surface area contributed by atoms with Crippen LogP contribution in [0.25, 0.3) is 0 Å². The van der Waals surface area contributed by atoms with Crippen molar-refractivity contribution in [2.75, 3.05) is 5.32 Å². The number of carbonyl (C=O) groups is 1. The van der Waals surface area contributed by atoms with Gasteiger partial charge in [-0.25, -0.2) is 0 Å². The summed E-state index contributed by atoms with van der Waals surface area (Å²) in [6.07, 6.45) is 0.815. The van der Waals surface area contributed by atoms with Crippen LogP contribution in [0.1, 0.15) is 23.1 Å². The Bertz CT molecular complexity index is 624. The quantitative estimate of drug-likeness (QED) is 0.751. The van der Waals surface area contributed by atoms with Crippen molar-refractivity contribution < 1.29 is 4.79 Å². The van der Waals surface area contributed by atoms with Crippen LogP contribution >= 0.6 is 38.5 Å². The average molecular weight is 434 g/mol. The number of halogens is 2. The van der Waals surface area contributed by atoms with Gasteiger partial charge in [0.15, 0.2) is 0 Å². The lowest BCUT2D eigenvalue weighted by atomic mass is 10.2. The van der Waals surface area contributed by atoms with Gasteiger partial charge in [-0.1, -0.05) is 22.9 Å². The molecule has 19 heavy (non-hydrogen) atoms. The van der Waals surface area contributed by atoms with Crippen LogP contribution in [0.15, 0.2) is 28.7 Å². The van der Waals surface area contributed by atoms with Crippen molar-refractivity contribution in [2.45, 2.75) is 13.3 Å². The van der Waals surface area contributed by atoms with Crippen molar-refractivity contribution in [3.63, 3.8) is 0 Å². The molecule has 100 valence electrons. The Labute approximate surface area is 133 Å². The van der Waals surface area contributed by atoms with Crippen molar-refractivity contribution in [3.05, 3.63) is 43.7 Å². The van der Waals surface area contributed by atoms with E-state index in [1.165, 1.54) is 0 Å². The van der Waals surface area contributed by atoms with Crippen LogP contribution < -0.4 is 5.32 Å². The summed E-state index contributed by atoms with van der Waals surface area (Å²) in [4.78, 5) is 12.2. The number of rotatable bonds is 3. The third kappa shape index (κ3) is 3.36. The molecule has 0 aliphatic carbocycles. The molecule has 0 bridgehead atoms. The van der Waals surface area contributed by atoms with E-state index in [-0.39, 0.29) is 5.91 Å². The minimum absolute atomic E-state index is 0.147. The highest BCUT2D eigenvalue weighted by Gasteiger charge is 2.14. The van der Waals surface area contributed by atoms with Gasteiger partial charge in [-0.2, -0.15) is 5.10 Å². The van der Waals surface area contributed by atoms with E-state index in [4.69, 9.17) is 0 Å². The topological polar surface area (TPSA) is 46.9 Å². The van der Waals surface area contributed by atoms with Crippen molar-refractivity contribution in [2.24, 2.45) is 7.05 Å². The fourth-order valence-electron chi connectivity index (χ4n) is 1.69. The van der Waals surface area contributed by atoms with Crippen LogP contribution in [0.3, 0.4) is 0 Å². The van der Waals surface area contributed by atoms with E-state index in [1.54, 1.807) is 11.7 Å². The molecule has 0 saturated carbocycles. The molecule has 0 radical (unpaired) electrons. The van der Waals surface area contributed by atoms with Crippen molar-refractivity contribution in [3.8, 4) is 0 Å². The molecule has 6 heteroatoms. The zero-order valence-electron chi connectivity index (χ0n) is 10.6. The Morgan fingerprint density at radius 1 is 1.47 bits per heavy atom. The summed E-state index contributed by atoms with van der Waals surface area (Å²) in [5.74, 6) is -0.147. The van der Waals surface area contributed by atoms with Gasteiger partial charge in [0, 0.05) is 15.1 Å². The van der Waals surface area contributed by atoms with Crippen LogP contribution in [-0.4, -0.2) is 15.7 Å². The molecule has 1 aromatic carbocycles. The first kappa shape index (κ1) is 14.5. The number of hydrogen-bond donors (Lipinski definition) is 1. The first-order valence-electron chi connectivity index (χ1n) is 5.80. The Morgan fingerprint density at radius 3 is 2.84 bits per heavy atom. The molecule has 1 heterocycles. The minimum atomic E-state index is -0.147. The molecule has 0 aliphatic rings. The highest BCUT2D eigenvalue weighted by Crippen LogP contribution is 2.23. The normalized spacial score (nSPS) is 10.5. The van der Waals surface area contributed by atoms with Gasteiger partial charge in [0.05, 0.1) is 11.4 Å². The van der Waals surface area contributed by atoms with Crippen LogP contribution in [0.2, 0.25) is 0 Å². The first-order valence-corrected chi connectivity index (χ1v) is 7.67. The van der Waals surface area contributed by atoms with Crippen molar-refractivity contribution >= 4 is 50.1 Å². The van der Waals surface area contributed by atoms with E-state index in [2.05, 4.69) is 48.9 Å². The Balaban J connectivity index is 2.25. The average Bonchev–Trinajstić information content (AvgIpc) is 2.75. The van der Waals surface area contributed by atoms with E-state index in [1.807, 2.05) is 31.2 Å². The van der Waals surface area contributed by atoms with Crippen molar-refractivity contribution in [1.82, 2.24) is 9.78 Å². The summed E-state index contributed by atoms with van der Waals surface area (Å²) in [7, 11) is 1.78. The fraction of sp³-hybridized carbons (Fsp3) is 0.231. The van der Waals surface area contributed by atoms with Crippen molar-refractivity contribution in [1.29, 1.82) is 0 Å². The second-order valence-electron chi connectivity index (χ2n) is 4.08. The summed E-state index contributed by atoms with van der Waals surface area (Å²) in [6, 6.07) is 7.59. The number of amides is 1. The number of aromatic nitrogens is 2. The molecule has 1 aromatic heterocycles. The van der Waals surface area contributed by atoms with Gasteiger partial charge in [0.1, 0.15) is 5.69 Å².